The van der Waals surface area contributed by atoms with Crippen molar-refractivity contribution in [3.8, 4) is 5.75 Å². The number of ether oxygens (including phenoxy) is 2. The van der Waals surface area contributed by atoms with Crippen LogP contribution in [-0.4, -0.2) is 46.6 Å². The van der Waals surface area contributed by atoms with Crippen molar-refractivity contribution in [1.29, 1.82) is 0 Å². The average molecular weight is 360 g/mol. The number of nitrogens with zero attached hydrogens (tertiary/aromatic N) is 2. The number of hydrogen-bond donors (Lipinski definition) is 0. The van der Waals surface area contributed by atoms with Crippen LogP contribution in [0.4, 0.5) is 4.79 Å². The zero-order valence-corrected chi connectivity index (χ0v) is 16.0. The predicted molar refractivity (Wildman–Crippen MR) is 97.3 cm³/mol. The lowest BCUT2D eigenvalue weighted by molar-refractivity contribution is -0.0260. The standard InChI is InChI=1S/C20H28N2O4/c1-20(2,3)26-19(24)22-15-6-5-7-16(22)9-13(8-15)18(23)14-10-17(25-4)12-21-11-14/h10-13,15-16H,5-9H2,1-4H3. The molecule has 0 saturated carbocycles. The maximum Gasteiger partial charge on any atom is 0.410 e. The van der Waals surface area contributed by atoms with Crippen LogP contribution in [0.2, 0.25) is 0 Å². The first-order valence-electron chi connectivity index (χ1n) is 9.33. The Morgan fingerprint density at radius 1 is 1.15 bits per heavy atom. The van der Waals surface area contributed by atoms with Gasteiger partial charge in [0.15, 0.2) is 5.78 Å². The van der Waals surface area contributed by atoms with Crippen LogP contribution >= 0.6 is 0 Å². The number of pyridine rings is 1. The molecule has 3 heterocycles. The van der Waals surface area contributed by atoms with E-state index in [2.05, 4.69) is 4.98 Å². The lowest BCUT2D eigenvalue weighted by atomic mass is 9.76. The van der Waals surface area contributed by atoms with Gasteiger partial charge in [-0.1, -0.05) is 0 Å². The van der Waals surface area contributed by atoms with Crippen molar-refractivity contribution in [2.75, 3.05) is 7.11 Å². The van der Waals surface area contributed by atoms with Crippen molar-refractivity contribution in [3.05, 3.63) is 24.0 Å². The van der Waals surface area contributed by atoms with Crippen LogP contribution in [0.25, 0.3) is 0 Å². The summed E-state index contributed by atoms with van der Waals surface area (Å²) in [4.78, 5) is 31.6. The second-order valence-electron chi connectivity index (χ2n) is 8.27. The summed E-state index contributed by atoms with van der Waals surface area (Å²) in [6, 6.07) is 1.89. The topological polar surface area (TPSA) is 68.7 Å². The Bertz CT molecular complexity index is 669. The maximum atomic E-state index is 13.0. The summed E-state index contributed by atoms with van der Waals surface area (Å²) in [7, 11) is 1.56. The van der Waals surface area contributed by atoms with E-state index in [9.17, 15) is 9.59 Å². The molecule has 26 heavy (non-hydrogen) atoms. The second-order valence-corrected chi connectivity index (χ2v) is 8.27. The molecule has 0 aromatic carbocycles. The Labute approximate surface area is 154 Å². The van der Waals surface area contributed by atoms with Crippen LogP contribution in [0.3, 0.4) is 0 Å². The highest BCUT2D eigenvalue weighted by Gasteiger charge is 2.44. The van der Waals surface area contributed by atoms with Crippen molar-refractivity contribution in [3.63, 3.8) is 0 Å². The molecule has 142 valence electrons. The summed E-state index contributed by atoms with van der Waals surface area (Å²) in [6.07, 6.45) is 7.26. The molecule has 0 aliphatic carbocycles. The fourth-order valence-corrected chi connectivity index (χ4v) is 4.11. The van der Waals surface area contributed by atoms with E-state index in [1.165, 1.54) is 0 Å². The van der Waals surface area contributed by atoms with Crippen LogP contribution in [0.5, 0.6) is 5.75 Å². The molecule has 2 unspecified atom stereocenters. The first kappa shape index (κ1) is 18.7. The zero-order valence-electron chi connectivity index (χ0n) is 16.0. The van der Waals surface area contributed by atoms with Gasteiger partial charge in [-0.3, -0.25) is 9.78 Å². The quantitative estimate of drug-likeness (QED) is 0.766. The molecule has 2 saturated heterocycles. The molecule has 2 atom stereocenters. The minimum atomic E-state index is -0.510. The van der Waals surface area contributed by atoms with Gasteiger partial charge in [-0.15, -0.1) is 0 Å². The SMILES string of the molecule is COc1cncc(C(=O)C2CC3CCCC(C2)N3C(=O)OC(C)(C)C)c1. The van der Waals surface area contributed by atoms with E-state index in [1.54, 1.807) is 25.6 Å². The number of methoxy groups -OCH3 is 1. The molecule has 2 bridgehead atoms. The molecule has 6 nitrogen and oxygen atoms in total. The van der Waals surface area contributed by atoms with Crippen LogP contribution < -0.4 is 4.74 Å². The minimum Gasteiger partial charge on any atom is -0.495 e. The Balaban J connectivity index is 1.75. The second kappa shape index (κ2) is 7.25. The number of Topliss-reactive ketones (excluding diaryl/α,β-unsaturated/α-hetero) is 1. The van der Waals surface area contributed by atoms with E-state index in [1.807, 2.05) is 25.7 Å². The third-order valence-electron chi connectivity index (χ3n) is 5.18. The highest BCUT2D eigenvalue weighted by Crippen LogP contribution is 2.39. The number of carbonyl (C=O) groups excluding carboxylic acids is 2. The van der Waals surface area contributed by atoms with Crippen LogP contribution in [0.15, 0.2) is 18.5 Å². The van der Waals surface area contributed by atoms with Crippen molar-refractivity contribution in [1.82, 2.24) is 9.88 Å². The van der Waals surface area contributed by atoms with Gasteiger partial charge in [-0.25, -0.2) is 4.79 Å². The van der Waals surface area contributed by atoms with Crippen LogP contribution in [0.1, 0.15) is 63.2 Å². The fraction of sp³-hybridized carbons (Fsp3) is 0.650. The number of piperidine rings is 2. The Kier molecular flexibility index (Phi) is 5.21. The summed E-state index contributed by atoms with van der Waals surface area (Å²) < 4.78 is 10.8. The molecule has 0 N–H and O–H groups in total. The molecule has 3 rings (SSSR count). The summed E-state index contributed by atoms with van der Waals surface area (Å²) in [6.45, 7) is 5.65. The molecular formula is C20H28N2O4. The van der Waals surface area contributed by atoms with Gasteiger partial charge in [0.1, 0.15) is 11.4 Å². The van der Waals surface area contributed by atoms with Gasteiger partial charge in [-0.2, -0.15) is 0 Å². The molecule has 1 amide bonds. The zero-order chi connectivity index (χ0) is 18.9. The number of ketones is 1. The Morgan fingerprint density at radius 2 is 1.81 bits per heavy atom. The molecule has 0 radical (unpaired) electrons. The average Bonchev–Trinajstić information content (AvgIpc) is 2.58. The number of carbonyl (C=O) groups is 2. The van der Waals surface area contributed by atoms with Gasteiger partial charge >= 0.3 is 6.09 Å². The highest BCUT2D eigenvalue weighted by atomic mass is 16.6. The predicted octanol–water partition coefficient (Wildman–Crippen LogP) is 3.84. The molecule has 2 fully saturated rings. The molecule has 6 heteroatoms. The number of rotatable bonds is 3. The van der Waals surface area contributed by atoms with E-state index in [0.29, 0.717) is 24.2 Å². The minimum absolute atomic E-state index is 0.0740. The van der Waals surface area contributed by atoms with E-state index in [4.69, 9.17) is 9.47 Å². The van der Waals surface area contributed by atoms with E-state index in [-0.39, 0.29) is 29.9 Å². The summed E-state index contributed by atoms with van der Waals surface area (Å²) >= 11 is 0. The number of amides is 1. The summed E-state index contributed by atoms with van der Waals surface area (Å²) in [5.74, 6) is 0.595. The van der Waals surface area contributed by atoms with E-state index >= 15 is 0 Å². The summed E-state index contributed by atoms with van der Waals surface area (Å²) in [5, 5.41) is 0. The van der Waals surface area contributed by atoms with Crippen LogP contribution in [-0.2, 0) is 4.74 Å². The number of hydrogen-bond acceptors (Lipinski definition) is 5. The monoisotopic (exact) mass is 360 g/mol. The maximum absolute atomic E-state index is 13.0. The van der Waals surface area contributed by atoms with E-state index in [0.717, 1.165) is 19.3 Å². The van der Waals surface area contributed by atoms with Crippen molar-refractivity contribution in [2.45, 2.75) is 70.6 Å². The molecular weight excluding hydrogens is 332 g/mol. The molecule has 2 aliphatic heterocycles. The highest BCUT2D eigenvalue weighted by molar-refractivity contribution is 5.98. The lowest BCUT2D eigenvalue weighted by Crippen LogP contribution is -2.56. The fourth-order valence-electron chi connectivity index (χ4n) is 4.11. The summed E-state index contributed by atoms with van der Waals surface area (Å²) in [5.41, 5.74) is 0.0720. The van der Waals surface area contributed by atoms with E-state index < -0.39 is 5.60 Å². The smallest absolute Gasteiger partial charge is 0.410 e. The largest absolute Gasteiger partial charge is 0.495 e. The van der Waals surface area contributed by atoms with Gasteiger partial charge < -0.3 is 14.4 Å². The van der Waals surface area contributed by atoms with Gasteiger partial charge in [0, 0.05) is 29.8 Å². The van der Waals surface area contributed by atoms with Gasteiger partial charge in [0.25, 0.3) is 0 Å². The Morgan fingerprint density at radius 3 is 2.38 bits per heavy atom. The first-order valence-corrected chi connectivity index (χ1v) is 9.33. The van der Waals surface area contributed by atoms with Crippen LogP contribution in [0, 0.1) is 5.92 Å². The Hall–Kier alpha value is -2.11. The number of fused-ring (bicyclic) bond motifs is 2. The van der Waals surface area contributed by atoms with Gasteiger partial charge in [0.2, 0.25) is 0 Å². The molecule has 1 aromatic heterocycles. The molecule has 0 spiro atoms. The van der Waals surface area contributed by atoms with Crippen molar-refractivity contribution in [2.24, 2.45) is 5.92 Å². The lowest BCUT2D eigenvalue weighted by Gasteiger charge is -2.48. The third kappa shape index (κ3) is 4.00. The molecule has 2 aliphatic rings. The first-order chi connectivity index (χ1) is 12.3. The molecule has 1 aromatic rings. The van der Waals surface area contributed by atoms with Gasteiger partial charge in [-0.05, 0) is 58.9 Å². The van der Waals surface area contributed by atoms with Gasteiger partial charge in [0.05, 0.1) is 13.3 Å². The van der Waals surface area contributed by atoms with Crippen molar-refractivity contribution < 1.29 is 19.1 Å². The third-order valence-corrected chi connectivity index (χ3v) is 5.18. The van der Waals surface area contributed by atoms with Crippen molar-refractivity contribution >= 4 is 11.9 Å². The normalized spacial score (nSPS) is 25.5. The number of aromatic nitrogens is 1.